The number of rotatable bonds is 8. The van der Waals surface area contributed by atoms with Crippen LogP contribution in [-0.2, 0) is 25.6 Å². The first-order valence-electron chi connectivity index (χ1n) is 9.39. The van der Waals surface area contributed by atoms with Gasteiger partial charge < -0.3 is 10.4 Å². The molecular formula is C22H28N2O5. The molecular weight excluding hydrogens is 372 g/mol. The first kappa shape index (κ1) is 22.4. The smallest absolute Gasteiger partial charge is 0.326 e. The predicted molar refractivity (Wildman–Crippen MR) is 110 cm³/mol. The molecule has 0 aliphatic rings. The summed E-state index contributed by atoms with van der Waals surface area (Å²) in [5.41, 5.74) is -1.31. The van der Waals surface area contributed by atoms with E-state index >= 15 is 0 Å². The van der Waals surface area contributed by atoms with Crippen molar-refractivity contribution < 1.29 is 24.3 Å². The Kier molecular flexibility index (Phi) is 6.64. The van der Waals surface area contributed by atoms with Gasteiger partial charge in [0.15, 0.2) is 0 Å². The fraction of sp³-hybridized carbons (Fsp3) is 0.409. The lowest BCUT2D eigenvalue weighted by atomic mass is 9.99. The molecule has 2 aromatic carbocycles. The summed E-state index contributed by atoms with van der Waals surface area (Å²) < 4.78 is 0. The van der Waals surface area contributed by atoms with Crippen molar-refractivity contribution in [1.82, 2.24) is 10.4 Å². The number of amides is 2. The van der Waals surface area contributed by atoms with Crippen molar-refractivity contribution in [3.8, 4) is 0 Å². The van der Waals surface area contributed by atoms with E-state index in [0.29, 0.717) is 6.41 Å². The average molecular weight is 400 g/mol. The van der Waals surface area contributed by atoms with Crippen LogP contribution in [0.25, 0.3) is 10.8 Å². The van der Waals surface area contributed by atoms with Crippen molar-refractivity contribution in [3.05, 3.63) is 48.0 Å². The maximum atomic E-state index is 12.8. The second-order valence-electron chi connectivity index (χ2n) is 8.44. The molecule has 7 nitrogen and oxygen atoms in total. The molecule has 1 atom stereocenters. The number of carboxylic acids is 1. The van der Waals surface area contributed by atoms with Gasteiger partial charge in [-0.05, 0) is 51.0 Å². The summed E-state index contributed by atoms with van der Waals surface area (Å²) in [6.45, 7) is 8.24. The minimum Gasteiger partial charge on any atom is -0.480 e. The van der Waals surface area contributed by atoms with Gasteiger partial charge in [0.1, 0.15) is 11.6 Å². The van der Waals surface area contributed by atoms with Crippen LogP contribution in [-0.4, -0.2) is 45.6 Å². The van der Waals surface area contributed by atoms with Crippen LogP contribution in [0.1, 0.15) is 40.2 Å². The maximum absolute atomic E-state index is 12.8. The number of fused-ring (bicyclic) bond motifs is 1. The quantitative estimate of drug-likeness (QED) is 0.525. The first-order valence-corrected chi connectivity index (χ1v) is 9.39. The molecule has 0 fully saturated rings. The van der Waals surface area contributed by atoms with Crippen LogP contribution in [0.3, 0.4) is 0 Å². The third-order valence-corrected chi connectivity index (χ3v) is 4.43. The molecule has 0 saturated heterocycles. The Morgan fingerprint density at radius 3 is 2.28 bits per heavy atom. The van der Waals surface area contributed by atoms with Gasteiger partial charge >= 0.3 is 5.97 Å². The number of carbonyl (C=O) groups is 3. The monoisotopic (exact) mass is 400 g/mol. The largest absolute Gasteiger partial charge is 0.480 e. The molecule has 0 radical (unpaired) electrons. The molecule has 0 bridgehead atoms. The zero-order valence-corrected chi connectivity index (χ0v) is 17.4. The Balaban J connectivity index is 2.18. The third-order valence-electron chi connectivity index (χ3n) is 4.43. The molecule has 0 aromatic heterocycles. The van der Waals surface area contributed by atoms with Gasteiger partial charge in [-0.25, -0.2) is 9.86 Å². The highest BCUT2D eigenvalue weighted by molar-refractivity contribution is 5.91. The molecule has 2 rings (SSSR count). The van der Waals surface area contributed by atoms with E-state index in [1.165, 1.54) is 13.8 Å². The number of nitrogens with zero attached hydrogens (tertiary/aromatic N) is 1. The Morgan fingerprint density at radius 2 is 1.72 bits per heavy atom. The van der Waals surface area contributed by atoms with E-state index in [1.54, 1.807) is 20.8 Å². The van der Waals surface area contributed by atoms with E-state index < -0.39 is 29.1 Å². The molecule has 2 aromatic rings. The topological polar surface area (TPSA) is 95.9 Å². The van der Waals surface area contributed by atoms with Crippen LogP contribution < -0.4 is 5.32 Å². The minimum absolute atomic E-state index is 0.114. The molecule has 2 amide bonds. The lowest BCUT2D eigenvalue weighted by molar-refractivity contribution is -0.247. The molecule has 0 aliphatic carbocycles. The molecule has 0 unspecified atom stereocenters. The Hall–Kier alpha value is -2.93. The first-order chi connectivity index (χ1) is 13.4. The molecule has 29 heavy (non-hydrogen) atoms. The number of aliphatic carboxylic acids is 1. The van der Waals surface area contributed by atoms with Crippen LogP contribution >= 0.6 is 0 Å². The van der Waals surface area contributed by atoms with E-state index in [9.17, 15) is 19.5 Å². The lowest BCUT2D eigenvalue weighted by Gasteiger charge is -2.37. The average Bonchev–Trinajstić information content (AvgIpc) is 2.64. The highest BCUT2D eigenvalue weighted by Gasteiger charge is 2.39. The van der Waals surface area contributed by atoms with Crippen molar-refractivity contribution >= 4 is 29.1 Å². The third kappa shape index (κ3) is 5.77. The fourth-order valence-electron chi connectivity index (χ4n) is 2.80. The van der Waals surface area contributed by atoms with Gasteiger partial charge in [-0.1, -0.05) is 42.5 Å². The Labute approximate surface area is 170 Å². The standard InChI is InChI=1S/C22H28N2O5/c1-21(2,3)29-24(14-25)22(4,5)20(28)23-18(19(26)27)13-15-10-11-16-8-6-7-9-17(16)12-15/h6-12,14,18H,13H2,1-5H3,(H,23,28)(H,26,27)/t18-/m1/s1. The number of carboxylic acid groups (broad SMARTS) is 1. The molecule has 2 N–H and O–H groups in total. The molecule has 156 valence electrons. The van der Waals surface area contributed by atoms with Gasteiger partial charge in [-0.2, -0.15) is 0 Å². The summed E-state index contributed by atoms with van der Waals surface area (Å²) in [7, 11) is 0. The number of hydroxylamine groups is 2. The Morgan fingerprint density at radius 1 is 1.10 bits per heavy atom. The van der Waals surface area contributed by atoms with Gasteiger partial charge in [0.25, 0.3) is 0 Å². The molecule has 7 heteroatoms. The van der Waals surface area contributed by atoms with E-state index in [0.717, 1.165) is 21.4 Å². The minimum atomic E-state index is -1.40. The highest BCUT2D eigenvalue weighted by atomic mass is 16.7. The Bertz CT molecular complexity index is 901. The van der Waals surface area contributed by atoms with Crippen molar-refractivity contribution in [3.63, 3.8) is 0 Å². The maximum Gasteiger partial charge on any atom is 0.326 e. The number of carbonyl (C=O) groups excluding carboxylic acids is 2. The molecule has 0 saturated carbocycles. The van der Waals surface area contributed by atoms with Crippen LogP contribution in [0.5, 0.6) is 0 Å². The normalized spacial score (nSPS) is 13.0. The van der Waals surface area contributed by atoms with E-state index in [4.69, 9.17) is 4.84 Å². The second kappa shape index (κ2) is 8.61. The number of hydrogen-bond donors (Lipinski definition) is 2. The molecule has 0 aliphatic heterocycles. The van der Waals surface area contributed by atoms with E-state index in [2.05, 4.69) is 5.32 Å². The van der Waals surface area contributed by atoms with Crippen LogP contribution in [0.4, 0.5) is 0 Å². The SMILES string of the molecule is CC(C)(C)ON(C=O)C(C)(C)C(=O)N[C@H](Cc1ccc2ccccc2c1)C(=O)O. The van der Waals surface area contributed by atoms with Gasteiger partial charge in [0.2, 0.25) is 12.3 Å². The predicted octanol–water partition coefficient (Wildman–Crippen LogP) is 2.92. The van der Waals surface area contributed by atoms with Crippen LogP contribution in [0, 0.1) is 0 Å². The zero-order valence-electron chi connectivity index (χ0n) is 17.4. The van der Waals surface area contributed by atoms with Crippen LogP contribution in [0.2, 0.25) is 0 Å². The van der Waals surface area contributed by atoms with E-state index in [1.807, 2.05) is 42.5 Å². The van der Waals surface area contributed by atoms with E-state index in [-0.39, 0.29) is 6.42 Å². The fourth-order valence-corrected chi connectivity index (χ4v) is 2.80. The summed E-state index contributed by atoms with van der Waals surface area (Å²) in [5.74, 6) is -1.78. The second-order valence-corrected chi connectivity index (χ2v) is 8.44. The summed E-state index contributed by atoms with van der Waals surface area (Å²) >= 11 is 0. The lowest BCUT2D eigenvalue weighted by Crippen LogP contribution is -2.59. The zero-order chi connectivity index (χ0) is 21.8. The summed E-state index contributed by atoms with van der Waals surface area (Å²) in [4.78, 5) is 41.6. The van der Waals surface area contributed by atoms with Crippen molar-refractivity contribution in [2.75, 3.05) is 0 Å². The van der Waals surface area contributed by atoms with Gasteiger partial charge in [0, 0.05) is 6.42 Å². The summed E-state index contributed by atoms with van der Waals surface area (Å²) in [6, 6.07) is 12.3. The summed E-state index contributed by atoms with van der Waals surface area (Å²) in [5, 5.41) is 15.1. The number of benzene rings is 2. The van der Waals surface area contributed by atoms with Gasteiger partial charge in [-0.15, -0.1) is 0 Å². The van der Waals surface area contributed by atoms with Crippen molar-refractivity contribution in [1.29, 1.82) is 0 Å². The van der Waals surface area contributed by atoms with Crippen molar-refractivity contribution in [2.24, 2.45) is 0 Å². The van der Waals surface area contributed by atoms with Crippen molar-refractivity contribution in [2.45, 2.75) is 58.2 Å². The molecule has 0 spiro atoms. The van der Waals surface area contributed by atoms with Gasteiger partial charge in [-0.3, -0.25) is 14.4 Å². The number of nitrogens with one attached hydrogen (secondary N) is 1. The summed E-state index contributed by atoms with van der Waals surface area (Å²) in [6.07, 6.45) is 0.535. The molecule has 0 heterocycles. The highest BCUT2D eigenvalue weighted by Crippen LogP contribution is 2.21. The number of hydrogen-bond acceptors (Lipinski definition) is 4. The van der Waals surface area contributed by atoms with Crippen LogP contribution in [0.15, 0.2) is 42.5 Å². The van der Waals surface area contributed by atoms with Gasteiger partial charge in [0.05, 0.1) is 5.60 Å².